The van der Waals surface area contributed by atoms with Crippen LogP contribution in [-0.4, -0.2) is 10.1 Å². The number of rotatable bonds is 6. The van der Waals surface area contributed by atoms with Gasteiger partial charge in [-0.1, -0.05) is 24.2 Å². The van der Waals surface area contributed by atoms with Gasteiger partial charge in [0.2, 0.25) is 11.7 Å². The molecule has 0 bridgehead atoms. The monoisotopic (exact) mass is 275 g/mol. The molecule has 2 rings (SSSR count). The van der Waals surface area contributed by atoms with Gasteiger partial charge in [-0.05, 0) is 37.5 Å². The van der Waals surface area contributed by atoms with E-state index in [1.807, 2.05) is 32.0 Å². The van der Waals surface area contributed by atoms with Crippen LogP contribution in [0, 0.1) is 6.92 Å². The van der Waals surface area contributed by atoms with Crippen LogP contribution in [-0.2, 0) is 13.0 Å². The van der Waals surface area contributed by atoms with Crippen LogP contribution in [0.3, 0.4) is 0 Å². The third-order valence-electron chi connectivity index (χ3n) is 3.06. The number of benzene rings is 1. The van der Waals surface area contributed by atoms with Crippen LogP contribution < -0.4 is 10.5 Å². The molecule has 1 heterocycles. The predicted molar refractivity (Wildman–Crippen MR) is 76.4 cm³/mol. The first kappa shape index (κ1) is 14.5. The molecule has 20 heavy (non-hydrogen) atoms. The standard InChI is InChI=1S/C15H21N3O2/c1-4-5-15-17-14(18-20-15)9-19-13-7-6-12(11(3)16)8-10(13)2/h6-8,11H,4-5,9,16H2,1-3H3/t11-/m0/s1. The first-order valence-electron chi connectivity index (χ1n) is 6.90. The van der Waals surface area contributed by atoms with Gasteiger partial charge in [-0.3, -0.25) is 0 Å². The Labute approximate surface area is 119 Å². The highest BCUT2D eigenvalue weighted by molar-refractivity contribution is 5.37. The van der Waals surface area contributed by atoms with Crippen molar-refractivity contribution in [3.63, 3.8) is 0 Å². The van der Waals surface area contributed by atoms with E-state index in [2.05, 4.69) is 17.1 Å². The first-order chi connectivity index (χ1) is 9.60. The molecule has 0 fully saturated rings. The molecule has 108 valence electrons. The van der Waals surface area contributed by atoms with Crippen LogP contribution in [0.25, 0.3) is 0 Å². The summed E-state index contributed by atoms with van der Waals surface area (Å²) in [5, 5.41) is 3.89. The van der Waals surface area contributed by atoms with Crippen molar-refractivity contribution in [1.29, 1.82) is 0 Å². The van der Waals surface area contributed by atoms with E-state index >= 15 is 0 Å². The molecule has 1 aromatic carbocycles. The third-order valence-corrected chi connectivity index (χ3v) is 3.06. The van der Waals surface area contributed by atoms with E-state index in [9.17, 15) is 0 Å². The van der Waals surface area contributed by atoms with Crippen molar-refractivity contribution < 1.29 is 9.26 Å². The van der Waals surface area contributed by atoms with Gasteiger partial charge in [0.15, 0.2) is 6.61 Å². The van der Waals surface area contributed by atoms with Crippen molar-refractivity contribution in [2.24, 2.45) is 5.73 Å². The van der Waals surface area contributed by atoms with Gasteiger partial charge in [-0.2, -0.15) is 4.98 Å². The second-order valence-corrected chi connectivity index (χ2v) is 4.96. The highest BCUT2D eigenvalue weighted by Crippen LogP contribution is 2.22. The highest BCUT2D eigenvalue weighted by atomic mass is 16.5. The van der Waals surface area contributed by atoms with E-state index in [0.717, 1.165) is 29.7 Å². The van der Waals surface area contributed by atoms with Crippen LogP contribution in [0.15, 0.2) is 22.7 Å². The van der Waals surface area contributed by atoms with Crippen molar-refractivity contribution >= 4 is 0 Å². The molecule has 2 N–H and O–H groups in total. The van der Waals surface area contributed by atoms with Gasteiger partial charge in [0, 0.05) is 12.5 Å². The second kappa shape index (κ2) is 6.52. The second-order valence-electron chi connectivity index (χ2n) is 4.96. The molecule has 0 aliphatic rings. The van der Waals surface area contributed by atoms with Crippen molar-refractivity contribution in [2.45, 2.75) is 46.3 Å². The lowest BCUT2D eigenvalue weighted by atomic mass is 10.1. The minimum Gasteiger partial charge on any atom is -0.485 e. The lowest BCUT2D eigenvalue weighted by Crippen LogP contribution is -2.06. The molecule has 0 saturated heterocycles. The van der Waals surface area contributed by atoms with Crippen LogP contribution >= 0.6 is 0 Å². The van der Waals surface area contributed by atoms with Crippen LogP contribution in [0.4, 0.5) is 0 Å². The fraction of sp³-hybridized carbons (Fsp3) is 0.467. The van der Waals surface area contributed by atoms with E-state index in [4.69, 9.17) is 15.0 Å². The summed E-state index contributed by atoms with van der Waals surface area (Å²) in [6, 6.07) is 5.97. The number of nitrogens with zero attached hydrogens (tertiary/aromatic N) is 2. The Morgan fingerprint density at radius 3 is 2.85 bits per heavy atom. The Morgan fingerprint density at radius 1 is 1.40 bits per heavy atom. The van der Waals surface area contributed by atoms with Gasteiger partial charge in [-0.25, -0.2) is 0 Å². The molecule has 5 heteroatoms. The highest BCUT2D eigenvalue weighted by Gasteiger charge is 2.08. The Kier molecular flexibility index (Phi) is 4.74. The zero-order valence-corrected chi connectivity index (χ0v) is 12.2. The van der Waals surface area contributed by atoms with Gasteiger partial charge in [0.1, 0.15) is 5.75 Å². The summed E-state index contributed by atoms with van der Waals surface area (Å²) in [5.41, 5.74) is 8.01. The summed E-state index contributed by atoms with van der Waals surface area (Å²) in [4.78, 5) is 4.27. The van der Waals surface area contributed by atoms with Gasteiger partial charge < -0.3 is 15.0 Å². The maximum atomic E-state index is 5.86. The Bertz CT molecular complexity index is 564. The number of nitrogens with two attached hydrogens (primary N) is 1. The SMILES string of the molecule is CCCc1nc(COc2ccc([C@H](C)N)cc2C)no1. The Balaban J connectivity index is 1.99. The molecular weight excluding hydrogens is 254 g/mol. The van der Waals surface area contributed by atoms with Gasteiger partial charge in [-0.15, -0.1) is 0 Å². The maximum Gasteiger partial charge on any atom is 0.226 e. The summed E-state index contributed by atoms with van der Waals surface area (Å²) in [7, 11) is 0. The number of hydrogen-bond donors (Lipinski definition) is 1. The number of ether oxygens (including phenoxy) is 1. The van der Waals surface area contributed by atoms with E-state index in [1.165, 1.54) is 0 Å². The minimum absolute atomic E-state index is 0.0246. The average molecular weight is 275 g/mol. The first-order valence-corrected chi connectivity index (χ1v) is 6.90. The summed E-state index contributed by atoms with van der Waals surface area (Å²) < 4.78 is 10.8. The molecule has 0 aliphatic heterocycles. The lowest BCUT2D eigenvalue weighted by Gasteiger charge is -2.11. The van der Waals surface area contributed by atoms with Crippen molar-refractivity contribution in [2.75, 3.05) is 0 Å². The molecule has 0 amide bonds. The Morgan fingerprint density at radius 2 is 2.20 bits per heavy atom. The largest absolute Gasteiger partial charge is 0.485 e. The van der Waals surface area contributed by atoms with Crippen LogP contribution in [0.2, 0.25) is 0 Å². The topological polar surface area (TPSA) is 74.2 Å². The number of hydrogen-bond acceptors (Lipinski definition) is 5. The Hall–Kier alpha value is -1.88. The predicted octanol–water partition coefficient (Wildman–Crippen LogP) is 2.93. The number of aromatic nitrogens is 2. The summed E-state index contributed by atoms with van der Waals surface area (Å²) in [5.74, 6) is 2.05. The normalized spacial score (nSPS) is 12.4. The molecule has 1 atom stereocenters. The van der Waals surface area contributed by atoms with Crippen molar-refractivity contribution in [3.8, 4) is 5.75 Å². The van der Waals surface area contributed by atoms with E-state index < -0.39 is 0 Å². The molecule has 2 aromatic rings. The van der Waals surface area contributed by atoms with Gasteiger partial charge >= 0.3 is 0 Å². The van der Waals surface area contributed by atoms with E-state index in [1.54, 1.807) is 0 Å². The summed E-state index contributed by atoms with van der Waals surface area (Å²) in [6.07, 6.45) is 1.79. The van der Waals surface area contributed by atoms with Gasteiger partial charge in [0.05, 0.1) is 0 Å². The summed E-state index contributed by atoms with van der Waals surface area (Å²) in [6.45, 7) is 6.35. The summed E-state index contributed by atoms with van der Waals surface area (Å²) >= 11 is 0. The van der Waals surface area contributed by atoms with Crippen molar-refractivity contribution in [1.82, 2.24) is 10.1 Å². The molecule has 0 saturated carbocycles. The molecule has 5 nitrogen and oxygen atoms in total. The number of aryl methyl sites for hydroxylation is 2. The molecular formula is C15H21N3O2. The lowest BCUT2D eigenvalue weighted by molar-refractivity contribution is 0.283. The van der Waals surface area contributed by atoms with E-state index in [-0.39, 0.29) is 6.04 Å². The molecule has 0 aliphatic carbocycles. The van der Waals surface area contributed by atoms with Crippen molar-refractivity contribution in [3.05, 3.63) is 41.0 Å². The molecule has 1 aromatic heterocycles. The molecule has 0 radical (unpaired) electrons. The van der Waals surface area contributed by atoms with E-state index in [0.29, 0.717) is 18.3 Å². The minimum atomic E-state index is 0.0246. The average Bonchev–Trinajstić information content (AvgIpc) is 2.85. The van der Waals surface area contributed by atoms with Gasteiger partial charge in [0.25, 0.3) is 0 Å². The zero-order chi connectivity index (χ0) is 14.5. The fourth-order valence-electron chi connectivity index (χ4n) is 1.92. The fourth-order valence-corrected chi connectivity index (χ4v) is 1.92. The van der Waals surface area contributed by atoms with Crippen LogP contribution in [0.1, 0.15) is 49.2 Å². The molecule has 0 spiro atoms. The smallest absolute Gasteiger partial charge is 0.226 e. The quantitative estimate of drug-likeness (QED) is 0.877. The molecule has 0 unspecified atom stereocenters. The zero-order valence-electron chi connectivity index (χ0n) is 12.2. The van der Waals surface area contributed by atoms with Crippen LogP contribution in [0.5, 0.6) is 5.75 Å². The maximum absolute atomic E-state index is 5.86. The third kappa shape index (κ3) is 3.57.